The highest BCUT2D eigenvalue weighted by Crippen LogP contribution is 2.24. The molecule has 1 N–H and O–H groups in total. The number of halogens is 1. The van der Waals surface area contributed by atoms with Crippen LogP contribution >= 0.6 is 0 Å². The zero-order chi connectivity index (χ0) is 14.0. The lowest BCUT2D eigenvalue weighted by Gasteiger charge is -2.17. The molecule has 0 aliphatic rings. The van der Waals surface area contributed by atoms with E-state index >= 15 is 0 Å². The molecule has 0 unspecified atom stereocenters. The molecule has 0 radical (unpaired) electrons. The minimum Gasteiger partial charge on any atom is -0.305 e. The van der Waals surface area contributed by atoms with Gasteiger partial charge < -0.3 is 4.98 Å². The number of hydrogen-bond donors (Lipinski definition) is 1. The molecule has 1 aromatic heterocycles. The van der Waals surface area contributed by atoms with Crippen molar-refractivity contribution in [3.8, 4) is 0 Å². The van der Waals surface area contributed by atoms with Crippen LogP contribution in [0.15, 0.2) is 16.9 Å². The van der Waals surface area contributed by atoms with E-state index in [1.54, 1.807) is 17.6 Å². The predicted octanol–water partition coefficient (Wildman–Crippen LogP) is 3.92. The van der Waals surface area contributed by atoms with E-state index in [1.165, 1.54) is 6.07 Å². The second-order valence-electron chi connectivity index (χ2n) is 5.15. The first-order valence-corrected chi connectivity index (χ1v) is 6.98. The van der Waals surface area contributed by atoms with Gasteiger partial charge in [0, 0.05) is 6.04 Å². The molecule has 1 aromatic carbocycles. The standard InChI is InChI=1S/C15H21FN2O/c1-4-6-11(7-5-2)18-14-8-10(3)12(16)9-13(14)17-15(18)19/h8-9,11H,4-7H2,1-3H3,(H,17,19). The number of nitrogens with zero attached hydrogens (tertiary/aromatic N) is 1. The second kappa shape index (κ2) is 5.59. The summed E-state index contributed by atoms with van der Waals surface area (Å²) in [6.07, 6.45) is 4.00. The molecular weight excluding hydrogens is 243 g/mol. The van der Waals surface area contributed by atoms with Gasteiger partial charge in [-0.05, 0) is 37.5 Å². The van der Waals surface area contributed by atoms with Gasteiger partial charge in [-0.2, -0.15) is 0 Å². The number of rotatable bonds is 5. The van der Waals surface area contributed by atoms with Crippen LogP contribution in [0.2, 0.25) is 0 Å². The Kier molecular flexibility index (Phi) is 4.08. The highest BCUT2D eigenvalue weighted by molar-refractivity contribution is 5.76. The molecule has 0 bridgehead atoms. The average Bonchev–Trinajstić information content (AvgIpc) is 2.65. The van der Waals surface area contributed by atoms with Gasteiger partial charge in [-0.25, -0.2) is 9.18 Å². The first kappa shape index (κ1) is 13.8. The van der Waals surface area contributed by atoms with Crippen LogP contribution in [0, 0.1) is 12.7 Å². The Morgan fingerprint density at radius 3 is 2.47 bits per heavy atom. The lowest BCUT2D eigenvalue weighted by molar-refractivity contribution is 0.426. The highest BCUT2D eigenvalue weighted by Gasteiger charge is 2.16. The maximum atomic E-state index is 13.6. The van der Waals surface area contributed by atoms with E-state index < -0.39 is 0 Å². The van der Waals surface area contributed by atoms with Gasteiger partial charge in [0.15, 0.2) is 0 Å². The quantitative estimate of drug-likeness (QED) is 0.873. The summed E-state index contributed by atoms with van der Waals surface area (Å²) in [4.78, 5) is 14.9. The Balaban J connectivity index is 2.60. The lowest BCUT2D eigenvalue weighted by atomic mass is 10.1. The summed E-state index contributed by atoms with van der Waals surface area (Å²) < 4.78 is 15.4. The molecule has 0 amide bonds. The molecule has 0 saturated heterocycles. The number of nitrogens with one attached hydrogen (secondary N) is 1. The topological polar surface area (TPSA) is 37.8 Å². The van der Waals surface area contributed by atoms with Crippen LogP contribution in [0.1, 0.15) is 51.1 Å². The van der Waals surface area contributed by atoms with Crippen molar-refractivity contribution in [1.82, 2.24) is 9.55 Å². The molecule has 0 atom stereocenters. The maximum Gasteiger partial charge on any atom is 0.326 e. The first-order chi connectivity index (χ1) is 9.08. The Morgan fingerprint density at radius 1 is 1.26 bits per heavy atom. The van der Waals surface area contributed by atoms with Crippen LogP contribution < -0.4 is 5.69 Å². The summed E-state index contributed by atoms with van der Waals surface area (Å²) in [6, 6.07) is 3.37. The van der Waals surface area contributed by atoms with Gasteiger partial charge in [0.25, 0.3) is 0 Å². The van der Waals surface area contributed by atoms with Gasteiger partial charge in [0.1, 0.15) is 5.82 Å². The number of hydrogen-bond acceptors (Lipinski definition) is 1. The maximum absolute atomic E-state index is 13.6. The molecule has 1 heterocycles. The minimum absolute atomic E-state index is 0.132. The van der Waals surface area contributed by atoms with Crippen molar-refractivity contribution >= 4 is 11.0 Å². The van der Waals surface area contributed by atoms with Crippen molar-refractivity contribution in [3.05, 3.63) is 34.0 Å². The minimum atomic E-state index is -0.275. The Bertz CT molecular complexity index is 621. The van der Waals surface area contributed by atoms with Gasteiger partial charge >= 0.3 is 5.69 Å². The van der Waals surface area contributed by atoms with Crippen LogP contribution in [0.25, 0.3) is 11.0 Å². The van der Waals surface area contributed by atoms with E-state index in [0.717, 1.165) is 31.2 Å². The number of H-pyrrole nitrogens is 1. The van der Waals surface area contributed by atoms with Crippen molar-refractivity contribution < 1.29 is 4.39 Å². The smallest absolute Gasteiger partial charge is 0.305 e. The van der Waals surface area contributed by atoms with Crippen LogP contribution in [0.3, 0.4) is 0 Å². The SMILES string of the molecule is CCCC(CCC)n1c(=O)[nH]c2cc(F)c(C)cc21. The monoisotopic (exact) mass is 264 g/mol. The van der Waals surface area contributed by atoms with Gasteiger partial charge in [0.2, 0.25) is 0 Å². The normalized spacial score (nSPS) is 11.6. The van der Waals surface area contributed by atoms with Crippen LogP contribution in [-0.2, 0) is 0 Å². The van der Waals surface area contributed by atoms with Crippen molar-refractivity contribution in [2.24, 2.45) is 0 Å². The number of aryl methyl sites for hydroxylation is 1. The third-order valence-corrected chi connectivity index (χ3v) is 3.61. The van der Waals surface area contributed by atoms with E-state index in [9.17, 15) is 9.18 Å². The van der Waals surface area contributed by atoms with Crippen molar-refractivity contribution in [2.45, 2.75) is 52.5 Å². The summed E-state index contributed by atoms with van der Waals surface area (Å²) in [5, 5.41) is 0. The van der Waals surface area contributed by atoms with Crippen LogP contribution in [0.4, 0.5) is 4.39 Å². The third kappa shape index (κ3) is 2.57. The van der Waals surface area contributed by atoms with Gasteiger partial charge in [-0.15, -0.1) is 0 Å². The van der Waals surface area contributed by atoms with Gasteiger partial charge in [-0.3, -0.25) is 4.57 Å². The number of benzene rings is 1. The van der Waals surface area contributed by atoms with E-state index in [2.05, 4.69) is 18.8 Å². The first-order valence-electron chi connectivity index (χ1n) is 6.98. The fourth-order valence-corrected chi connectivity index (χ4v) is 2.68. The zero-order valence-corrected chi connectivity index (χ0v) is 11.8. The Morgan fingerprint density at radius 2 is 1.89 bits per heavy atom. The number of aromatic nitrogens is 2. The molecule has 0 fully saturated rings. The molecule has 19 heavy (non-hydrogen) atoms. The van der Waals surface area contributed by atoms with E-state index in [-0.39, 0.29) is 17.5 Å². The molecule has 4 heteroatoms. The van der Waals surface area contributed by atoms with Crippen molar-refractivity contribution in [3.63, 3.8) is 0 Å². The summed E-state index contributed by atoms with van der Waals surface area (Å²) in [5.74, 6) is -0.275. The number of fused-ring (bicyclic) bond motifs is 1. The molecule has 2 rings (SSSR count). The third-order valence-electron chi connectivity index (χ3n) is 3.61. The van der Waals surface area contributed by atoms with E-state index in [4.69, 9.17) is 0 Å². The predicted molar refractivity (Wildman–Crippen MR) is 76.1 cm³/mol. The Hall–Kier alpha value is -1.58. The number of imidazole rings is 1. The molecular formula is C15H21FN2O. The molecule has 3 nitrogen and oxygen atoms in total. The van der Waals surface area contributed by atoms with E-state index in [1.807, 2.05) is 0 Å². The van der Waals surface area contributed by atoms with Crippen molar-refractivity contribution in [2.75, 3.05) is 0 Å². The summed E-state index contributed by atoms with van der Waals surface area (Å²) in [7, 11) is 0. The average molecular weight is 264 g/mol. The molecule has 104 valence electrons. The fourth-order valence-electron chi connectivity index (χ4n) is 2.68. The molecule has 0 spiro atoms. The number of aromatic amines is 1. The zero-order valence-electron chi connectivity index (χ0n) is 11.8. The van der Waals surface area contributed by atoms with Crippen molar-refractivity contribution in [1.29, 1.82) is 0 Å². The highest BCUT2D eigenvalue weighted by atomic mass is 19.1. The summed E-state index contributed by atoms with van der Waals surface area (Å²) >= 11 is 0. The second-order valence-corrected chi connectivity index (χ2v) is 5.15. The Labute approximate surface area is 112 Å². The van der Waals surface area contributed by atoms with Gasteiger partial charge in [0.05, 0.1) is 11.0 Å². The van der Waals surface area contributed by atoms with Crippen LogP contribution in [0.5, 0.6) is 0 Å². The van der Waals surface area contributed by atoms with E-state index in [0.29, 0.717) is 11.1 Å². The van der Waals surface area contributed by atoms with Gasteiger partial charge in [-0.1, -0.05) is 26.7 Å². The largest absolute Gasteiger partial charge is 0.326 e. The van der Waals surface area contributed by atoms with Crippen LogP contribution in [-0.4, -0.2) is 9.55 Å². The molecule has 2 aromatic rings. The lowest BCUT2D eigenvalue weighted by Crippen LogP contribution is -2.22. The fraction of sp³-hybridized carbons (Fsp3) is 0.533. The summed E-state index contributed by atoms with van der Waals surface area (Å²) in [6.45, 7) is 5.96. The molecule has 0 saturated carbocycles. The molecule has 0 aliphatic heterocycles. The summed E-state index contributed by atoms with van der Waals surface area (Å²) in [5.41, 5.74) is 1.85. The molecule has 0 aliphatic carbocycles.